The van der Waals surface area contributed by atoms with Crippen LogP contribution in [0.1, 0.15) is 12.5 Å². The Labute approximate surface area is 192 Å². The number of piperazine rings is 1. The highest BCUT2D eigenvalue weighted by atomic mass is 16.3. The van der Waals surface area contributed by atoms with Crippen LogP contribution < -0.4 is 5.43 Å². The number of hydrogen-bond acceptors (Lipinski definition) is 4. The molecule has 0 radical (unpaired) electrons. The molecule has 0 saturated carbocycles. The Morgan fingerprint density at radius 3 is 2.30 bits per heavy atom. The van der Waals surface area contributed by atoms with Crippen molar-refractivity contribution in [3.8, 4) is 22.5 Å². The van der Waals surface area contributed by atoms with E-state index in [9.17, 15) is 9.59 Å². The first kappa shape index (κ1) is 21.2. The minimum Gasteiger partial charge on any atom is -0.456 e. The molecule has 0 unspecified atom stereocenters. The van der Waals surface area contributed by atoms with Crippen molar-refractivity contribution in [3.05, 3.63) is 94.6 Å². The Morgan fingerprint density at radius 2 is 1.55 bits per heavy atom. The highest BCUT2D eigenvalue weighted by molar-refractivity contribution is 5.80. The van der Waals surface area contributed by atoms with Gasteiger partial charge in [-0.2, -0.15) is 0 Å². The molecule has 1 fully saturated rings. The second kappa shape index (κ2) is 9.04. The number of hydrogen-bond donors (Lipinski definition) is 0. The Hall–Kier alpha value is -3.70. The van der Waals surface area contributed by atoms with Gasteiger partial charge >= 0.3 is 0 Å². The van der Waals surface area contributed by atoms with Crippen LogP contribution in [0.4, 0.5) is 0 Å². The van der Waals surface area contributed by atoms with Crippen LogP contribution in [0.5, 0.6) is 0 Å². The first-order valence-corrected chi connectivity index (χ1v) is 11.3. The van der Waals surface area contributed by atoms with E-state index in [0.29, 0.717) is 16.7 Å². The van der Waals surface area contributed by atoms with Crippen LogP contribution in [0.3, 0.4) is 0 Å². The van der Waals surface area contributed by atoms with E-state index < -0.39 is 0 Å². The predicted molar refractivity (Wildman–Crippen MR) is 131 cm³/mol. The van der Waals surface area contributed by atoms with Crippen LogP contribution in [-0.2, 0) is 11.3 Å². The molecular weight excluding hydrogens is 412 g/mol. The SMILES string of the molecule is CC(=O)N1CCN(Cc2ccc3oc(-c4cccc(-c5ccccc5)c4)cc(=O)c3c2)CC1. The van der Waals surface area contributed by atoms with Crippen LogP contribution in [0, 0.1) is 0 Å². The minimum atomic E-state index is -0.0420. The Bertz CT molecular complexity index is 1350. The van der Waals surface area contributed by atoms with Gasteiger partial charge in [-0.3, -0.25) is 14.5 Å². The maximum absolute atomic E-state index is 13.0. The van der Waals surface area contributed by atoms with Crippen LogP contribution >= 0.6 is 0 Å². The van der Waals surface area contributed by atoms with Crippen molar-refractivity contribution in [2.45, 2.75) is 13.5 Å². The molecule has 5 nitrogen and oxygen atoms in total. The summed E-state index contributed by atoms with van der Waals surface area (Å²) in [7, 11) is 0. The number of carbonyl (C=O) groups excluding carboxylic acids is 1. The summed E-state index contributed by atoms with van der Waals surface area (Å²) in [6.45, 7) is 5.53. The van der Waals surface area contributed by atoms with E-state index in [1.807, 2.05) is 53.4 Å². The number of carbonyl (C=O) groups is 1. The van der Waals surface area contributed by atoms with E-state index in [0.717, 1.165) is 55.0 Å². The molecule has 0 bridgehead atoms. The lowest BCUT2D eigenvalue weighted by molar-refractivity contribution is -0.130. The third kappa shape index (κ3) is 4.59. The molecule has 166 valence electrons. The van der Waals surface area contributed by atoms with E-state index in [1.165, 1.54) is 0 Å². The lowest BCUT2D eigenvalue weighted by atomic mass is 10.0. The fourth-order valence-electron chi connectivity index (χ4n) is 4.41. The van der Waals surface area contributed by atoms with Crippen molar-refractivity contribution in [2.75, 3.05) is 26.2 Å². The van der Waals surface area contributed by atoms with Crippen LogP contribution in [0.2, 0.25) is 0 Å². The first-order valence-electron chi connectivity index (χ1n) is 11.3. The van der Waals surface area contributed by atoms with Crippen molar-refractivity contribution in [1.82, 2.24) is 9.80 Å². The Kier molecular flexibility index (Phi) is 5.80. The summed E-state index contributed by atoms with van der Waals surface area (Å²) in [6.07, 6.45) is 0. The summed E-state index contributed by atoms with van der Waals surface area (Å²) in [6, 6.07) is 25.6. The molecule has 33 heavy (non-hydrogen) atoms. The molecule has 1 aliphatic heterocycles. The van der Waals surface area contributed by atoms with Crippen LogP contribution in [-0.4, -0.2) is 41.9 Å². The molecule has 1 saturated heterocycles. The fraction of sp³-hybridized carbons (Fsp3) is 0.214. The van der Waals surface area contributed by atoms with E-state index in [2.05, 4.69) is 29.2 Å². The van der Waals surface area contributed by atoms with Crippen molar-refractivity contribution >= 4 is 16.9 Å². The zero-order chi connectivity index (χ0) is 22.8. The van der Waals surface area contributed by atoms with Gasteiger partial charge < -0.3 is 9.32 Å². The first-order chi connectivity index (χ1) is 16.1. The van der Waals surface area contributed by atoms with Gasteiger partial charge in [0.15, 0.2) is 5.43 Å². The number of benzene rings is 3. The molecule has 5 rings (SSSR count). The normalized spacial score (nSPS) is 14.5. The highest BCUT2D eigenvalue weighted by Crippen LogP contribution is 2.28. The quantitative estimate of drug-likeness (QED) is 0.460. The molecule has 2 heterocycles. The predicted octanol–water partition coefficient (Wildman–Crippen LogP) is 4.79. The van der Waals surface area contributed by atoms with Gasteiger partial charge in [0.05, 0.1) is 5.39 Å². The van der Waals surface area contributed by atoms with Crippen LogP contribution in [0.25, 0.3) is 33.4 Å². The summed E-state index contributed by atoms with van der Waals surface area (Å²) in [4.78, 5) is 28.7. The molecule has 0 N–H and O–H groups in total. The average molecular weight is 439 g/mol. The zero-order valence-electron chi connectivity index (χ0n) is 18.7. The van der Waals surface area contributed by atoms with Crippen molar-refractivity contribution in [1.29, 1.82) is 0 Å². The molecule has 1 amide bonds. The number of amides is 1. The molecule has 0 aliphatic carbocycles. The number of rotatable bonds is 4. The lowest BCUT2D eigenvalue weighted by Gasteiger charge is -2.34. The van der Waals surface area contributed by atoms with Gasteiger partial charge in [-0.25, -0.2) is 0 Å². The highest BCUT2D eigenvalue weighted by Gasteiger charge is 2.19. The van der Waals surface area contributed by atoms with Gasteiger partial charge in [-0.15, -0.1) is 0 Å². The summed E-state index contributed by atoms with van der Waals surface area (Å²) < 4.78 is 6.15. The summed E-state index contributed by atoms with van der Waals surface area (Å²) in [5.41, 5.74) is 4.70. The molecule has 5 heteroatoms. The molecule has 1 aliphatic rings. The molecule has 1 aromatic heterocycles. The standard InChI is InChI=1S/C28H26N2O3/c1-20(31)30-14-12-29(13-15-30)19-21-10-11-27-25(16-21)26(32)18-28(33-27)24-9-5-8-23(17-24)22-6-3-2-4-7-22/h2-11,16-18H,12-15,19H2,1H3. The lowest BCUT2D eigenvalue weighted by Crippen LogP contribution is -2.47. The van der Waals surface area contributed by atoms with Gasteiger partial charge in [0.25, 0.3) is 0 Å². The molecule has 0 atom stereocenters. The maximum atomic E-state index is 13.0. The van der Waals surface area contributed by atoms with E-state index in [1.54, 1.807) is 13.0 Å². The average Bonchev–Trinajstić information content (AvgIpc) is 2.85. The van der Waals surface area contributed by atoms with Crippen molar-refractivity contribution in [2.24, 2.45) is 0 Å². The van der Waals surface area contributed by atoms with E-state index in [-0.39, 0.29) is 11.3 Å². The van der Waals surface area contributed by atoms with E-state index in [4.69, 9.17) is 4.42 Å². The van der Waals surface area contributed by atoms with Gasteiger partial charge in [-0.1, -0.05) is 54.6 Å². The molecular formula is C28H26N2O3. The van der Waals surface area contributed by atoms with Gasteiger partial charge in [-0.05, 0) is 34.9 Å². The van der Waals surface area contributed by atoms with Gasteiger partial charge in [0, 0.05) is 51.3 Å². The monoisotopic (exact) mass is 438 g/mol. The van der Waals surface area contributed by atoms with E-state index >= 15 is 0 Å². The third-order valence-corrected chi connectivity index (χ3v) is 6.27. The van der Waals surface area contributed by atoms with Crippen molar-refractivity contribution < 1.29 is 9.21 Å². The van der Waals surface area contributed by atoms with Gasteiger partial charge in [0.1, 0.15) is 11.3 Å². The maximum Gasteiger partial charge on any atom is 0.219 e. The number of fused-ring (bicyclic) bond motifs is 1. The topological polar surface area (TPSA) is 53.8 Å². The molecule has 3 aromatic carbocycles. The second-order valence-electron chi connectivity index (χ2n) is 8.53. The summed E-state index contributed by atoms with van der Waals surface area (Å²) in [5.74, 6) is 0.696. The number of nitrogens with zero attached hydrogens (tertiary/aromatic N) is 2. The molecule has 0 spiro atoms. The van der Waals surface area contributed by atoms with Gasteiger partial charge in [0.2, 0.25) is 5.91 Å². The Balaban J connectivity index is 1.39. The Morgan fingerprint density at radius 1 is 0.818 bits per heavy atom. The second-order valence-corrected chi connectivity index (χ2v) is 8.53. The summed E-state index contributed by atoms with van der Waals surface area (Å²) in [5, 5.41) is 0.595. The smallest absolute Gasteiger partial charge is 0.219 e. The fourth-order valence-corrected chi connectivity index (χ4v) is 4.41. The largest absolute Gasteiger partial charge is 0.456 e. The minimum absolute atomic E-state index is 0.0420. The zero-order valence-corrected chi connectivity index (χ0v) is 18.7. The molecule has 4 aromatic rings. The summed E-state index contributed by atoms with van der Waals surface area (Å²) >= 11 is 0. The van der Waals surface area contributed by atoms with Crippen molar-refractivity contribution in [3.63, 3.8) is 0 Å². The van der Waals surface area contributed by atoms with Crippen LogP contribution in [0.15, 0.2) is 88.1 Å². The third-order valence-electron chi connectivity index (χ3n) is 6.27.